The van der Waals surface area contributed by atoms with E-state index in [-0.39, 0.29) is 23.6 Å². The van der Waals surface area contributed by atoms with Crippen molar-refractivity contribution in [3.8, 4) is 5.75 Å². The molecule has 1 N–H and O–H groups in total. The molecule has 1 aromatic heterocycles. The molecule has 0 amide bonds. The molecule has 1 heterocycles. The fourth-order valence-corrected chi connectivity index (χ4v) is 4.02. The van der Waals surface area contributed by atoms with Crippen molar-refractivity contribution in [2.45, 2.75) is 26.4 Å². The molecule has 35 heavy (non-hydrogen) atoms. The van der Waals surface area contributed by atoms with Gasteiger partial charge >= 0.3 is 5.97 Å². The van der Waals surface area contributed by atoms with E-state index in [0.717, 1.165) is 4.47 Å². The third kappa shape index (κ3) is 5.61. The number of carboxylic acids is 1. The maximum atomic E-state index is 13.3. The van der Waals surface area contributed by atoms with Crippen LogP contribution in [-0.2, 0) is 6.61 Å². The highest BCUT2D eigenvalue weighted by Crippen LogP contribution is 2.24. The molecule has 0 fully saturated rings. The zero-order valence-corrected chi connectivity index (χ0v) is 21.2. The standard InChI is InChI=1S/C26H21BrClN3O4/c1-15(2)24-30-22-8-6-19(27)12-21(22)25(32)31(24)29-13-18-11-20(28)7-9-23(18)35-14-16-4-3-5-17(10-16)26(33)34/h3-13,15H,14H2,1-2H3,(H,33,34). The van der Waals surface area contributed by atoms with Gasteiger partial charge in [-0.25, -0.2) is 9.78 Å². The predicted molar refractivity (Wildman–Crippen MR) is 140 cm³/mol. The number of ether oxygens (including phenoxy) is 1. The molecule has 0 unspecified atom stereocenters. The van der Waals surface area contributed by atoms with Crippen molar-refractivity contribution in [2.75, 3.05) is 0 Å². The summed E-state index contributed by atoms with van der Waals surface area (Å²) < 4.78 is 8.01. The van der Waals surface area contributed by atoms with Crippen LogP contribution in [-0.4, -0.2) is 27.0 Å². The van der Waals surface area contributed by atoms with Crippen LogP contribution in [0.3, 0.4) is 0 Å². The van der Waals surface area contributed by atoms with Gasteiger partial charge in [-0.15, -0.1) is 0 Å². The lowest BCUT2D eigenvalue weighted by molar-refractivity contribution is 0.0696. The van der Waals surface area contributed by atoms with E-state index >= 15 is 0 Å². The Balaban J connectivity index is 1.70. The number of hydrogen-bond acceptors (Lipinski definition) is 5. The summed E-state index contributed by atoms with van der Waals surface area (Å²) >= 11 is 9.61. The highest BCUT2D eigenvalue weighted by Gasteiger charge is 2.14. The molecule has 3 aromatic carbocycles. The smallest absolute Gasteiger partial charge is 0.335 e. The summed E-state index contributed by atoms with van der Waals surface area (Å²) in [5, 5.41) is 14.6. The second-order valence-electron chi connectivity index (χ2n) is 8.12. The van der Waals surface area contributed by atoms with Gasteiger partial charge in [-0.2, -0.15) is 9.78 Å². The minimum absolute atomic E-state index is 0.0514. The molecule has 178 valence electrons. The normalized spacial score (nSPS) is 11.5. The maximum absolute atomic E-state index is 13.3. The van der Waals surface area contributed by atoms with Crippen LogP contribution in [0.1, 0.15) is 47.1 Å². The molecule has 0 aliphatic carbocycles. The molecule has 0 saturated heterocycles. The Bertz CT molecular complexity index is 1510. The number of carboxylic acid groups (broad SMARTS) is 1. The number of rotatable bonds is 7. The van der Waals surface area contributed by atoms with E-state index in [1.54, 1.807) is 48.5 Å². The number of hydrogen-bond donors (Lipinski definition) is 1. The van der Waals surface area contributed by atoms with E-state index < -0.39 is 5.97 Å². The Kier molecular flexibility index (Phi) is 7.33. The molecular formula is C26H21BrClN3O4. The first-order valence-corrected chi connectivity index (χ1v) is 11.9. The van der Waals surface area contributed by atoms with Gasteiger partial charge in [0.1, 0.15) is 18.2 Å². The van der Waals surface area contributed by atoms with Crippen LogP contribution in [0.2, 0.25) is 5.02 Å². The zero-order chi connectivity index (χ0) is 25.1. The lowest BCUT2D eigenvalue weighted by Crippen LogP contribution is -2.23. The monoisotopic (exact) mass is 553 g/mol. The summed E-state index contributed by atoms with van der Waals surface area (Å²) in [5.41, 5.74) is 1.75. The van der Waals surface area contributed by atoms with Crippen molar-refractivity contribution in [2.24, 2.45) is 5.10 Å². The molecule has 4 rings (SSSR count). The van der Waals surface area contributed by atoms with Gasteiger partial charge in [0.15, 0.2) is 0 Å². The lowest BCUT2D eigenvalue weighted by atomic mass is 10.1. The summed E-state index contributed by atoms with van der Waals surface area (Å²) in [6.07, 6.45) is 1.51. The lowest BCUT2D eigenvalue weighted by Gasteiger charge is -2.13. The van der Waals surface area contributed by atoms with Gasteiger partial charge in [0.25, 0.3) is 5.56 Å². The molecule has 4 aromatic rings. The topological polar surface area (TPSA) is 93.8 Å². The molecular weight excluding hydrogens is 534 g/mol. The average molecular weight is 555 g/mol. The molecule has 7 nitrogen and oxygen atoms in total. The molecule has 0 saturated carbocycles. The number of nitrogens with zero attached hydrogens (tertiary/aromatic N) is 3. The number of carbonyl (C=O) groups is 1. The fourth-order valence-electron chi connectivity index (χ4n) is 3.48. The Morgan fingerprint density at radius 1 is 1.20 bits per heavy atom. The molecule has 9 heteroatoms. The van der Waals surface area contributed by atoms with E-state index in [0.29, 0.717) is 38.6 Å². The van der Waals surface area contributed by atoms with Gasteiger partial charge < -0.3 is 9.84 Å². The molecule has 0 aliphatic heterocycles. The fraction of sp³-hybridized carbons (Fsp3) is 0.154. The van der Waals surface area contributed by atoms with Gasteiger partial charge in [0, 0.05) is 21.0 Å². The minimum Gasteiger partial charge on any atom is -0.488 e. The molecule has 0 aliphatic rings. The first kappa shape index (κ1) is 24.6. The second-order valence-corrected chi connectivity index (χ2v) is 9.48. The second kappa shape index (κ2) is 10.4. The summed E-state index contributed by atoms with van der Waals surface area (Å²) in [6, 6.07) is 16.9. The van der Waals surface area contributed by atoms with Crippen molar-refractivity contribution >= 4 is 50.6 Å². The quantitative estimate of drug-likeness (QED) is 0.279. The SMILES string of the molecule is CC(C)c1nc2ccc(Br)cc2c(=O)n1N=Cc1cc(Cl)ccc1OCc1cccc(C(=O)O)c1. The van der Waals surface area contributed by atoms with Gasteiger partial charge in [-0.05, 0) is 54.1 Å². The van der Waals surface area contributed by atoms with Crippen LogP contribution in [0.5, 0.6) is 5.75 Å². The number of aromatic carboxylic acids is 1. The van der Waals surface area contributed by atoms with Crippen molar-refractivity contribution in [3.63, 3.8) is 0 Å². The number of fused-ring (bicyclic) bond motifs is 1. The summed E-state index contributed by atoms with van der Waals surface area (Å²) in [6.45, 7) is 4.03. The van der Waals surface area contributed by atoms with Crippen molar-refractivity contribution < 1.29 is 14.6 Å². The van der Waals surface area contributed by atoms with Gasteiger partial charge in [0.2, 0.25) is 0 Å². The van der Waals surface area contributed by atoms with Gasteiger partial charge in [-0.3, -0.25) is 4.79 Å². The van der Waals surface area contributed by atoms with E-state index in [1.807, 2.05) is 19.9 Å². The van der Waals surface area contributed by atoms with E-state index in [2.05, 4.69) is 26.0 Å². The number of aromatic nitrogens is 2. The minimum atomic E-state index is -1.01. The van der Waals surface area contributed by atoms with Crippen LogP contribution >= 0.6 is 27.5 Å². The Morgan fingerprint density at radius 3 is 2.74 bits per heavy atom. The van der Waals surface area contributed by atoms with E-state index in [1.165, 1.54) is 17.0 Å². The van der Waals surface area contributed by atoms with Crippen molar-refractivity contribution in [3.05, 3.63) is 103 Å². The largest absolute Gasteiger partial charge is 0.488 e. The van der Waals surface area contributed by atoms with Crippen LogP contribution in [0.25, 0.3) is 10.9 Å². The Hall–Kier alpha value is -3.49. The van der Waals surface area contributed by atoms with Gasteiger partial charge in [0.05, 0.1) is 22.7 Å². The number of benzene rings is 3. The predicted octanol–water partition coefficient (Wildman–Crippen LogP) is 6.10. The third-order valence-electron chi connectivity index (χ3n) is 5.20. The van der Waals surface area contributed by atoms with E-state index in [9.17, 15) is 14.7 Å². The first-order valence-electron chi connectivity index (χ1n) is 10.7. The van der Waals surface area contributed by atoms with Crippen LogP contribution in [0.4, 0.5) is 0 Å². The van der Waals surface area contributed by atoms with Crippen molar-refractivity contribution in [1.82, 2.24) is 9.66 Å². The molecule has 0 bridgehead atoms. The van der Waals surface area contributed by atoms with Crippen LogP contribution < -0.4 is 10.3 Å². The maximum Gasteiger partial charge on any atom is 0.335 e. The Labute approximate surface area is 214 Å². The van der Waals surface area contributed by atoms with Gasteiger partial charge in [-0.1, -0.05) is 53.5 Å². The van der Waals surface area contributed by atoms with Crippen molar-refractivity contribution in [1.29, 1.82) is 0 Å². The summed E-state index contributed by atoms with van der Waals surface area (Å²) in [5.74, 6) is -0.0522. The first-order chi connectivity index (χ1) is 16.7. The molecule has 0 spiro atoms. The Morgan fingerprint density at radius 2 is 2.00 bits per heavy atom. The number of halogens is 2. The van der Waals surface area contributed by atoms with E-state index in [4.69, 9.17) is 16.3 Å². The van der Waals surface area contributed by atoms with Crippen LogP contribution in [0, 0.1) is 0 Å². The van der Waals surface area contributed by atoms with Crippen LogP contribution in [0.15, 0.2) is 75.0 Å². The summed E-state index contributed by atoms with van der Waals surface area (Å²) in [7, 11) is 0. The molecule has 0 radical (unpaired) electrons. The summed E-state index contributed by atoms with van der Waals surface area (Å²) in [4.78, 5) is 29.1. The zero-order valence-electron chi connectivity index (χ0n) is 18.9. The molecule has 0 atom stereocenters. The highest BCUT2D eigenvalue weighted by molar-refractivity contribution is 9.10. The third-order valence-corrected chi connectivity index (χ3v) is 5.93. The average Bonchev–Trinajstić information content (AvgIpc) is 2.83. The highest BCUT2D eigenvalue weighted by atomic mass is 79.9.